The Hall–Kier alpha value is -2.70. The van der Waals surface area contributed by atoms with E-state index in [0.717, 1.165) is 55.6 Å². The van der Waals surface area contributed by atoms with Crippen molar-refractivity contribution in [3.05, 3.63) is 35.9 Å². The van der Waals surface area contributed by atoms with Gasteiger partial charge in [-0.15, -0.1) is 0 Å². The molecule has 4 rings (SSSR count). The molecule has 1 fully saturated rings. The van der Waals surface area contributed by atoms with Crippen LogP contribution in [0.15, 0.2) is 24.5 Å². The van der Waals surface area contributed by atoms with Gasteiger partial charge in [-0.25, -0.2) is 9.97 Å². The van der Waals surface area contributed by atoms with Crippen LogP contribution in [-0.4, -0.2) is 40.4 Å². The van der Waals surface area contributed by atoms with Gasteiger partial charge in [0.1, 0.15) is 11.5 Å². The van der Waals surface area contributed by atoms with Crippen LogP contribution in [0.25, 0.3) is 0 Å². The Morgan fingerprint density at radius 1 is 1.29 bits per heavy atom. The highest BCUT2D eigenvalue weighted by atomic mass is 15.2. The quantitative estimate of drug-likeness (QED) is 0.612. The average Bonchev–Trinajstić information content (AvgIpc) is 3.24. The molecule has 1 saturated carbocycles. The zero-order valence-electron chi connectivity index (χ0n) is 16.6. The fraction of sp³-hybridized carbons (Fsp3) is 0.524. The summed E-state index contributed by atoms with van der Waals surface area (Å²) in [7, 11) is 0. The maximum Gasteiger partial charge on any atom is 0.155 e. The molecule has 148 valence electrons. The molecule has 1 aliphatic heterocycles. The molecule has 0 unspecified atom stereocenters. The monoisotopic (exact) mass is 379 g/mol. The number of hydrogen-bond donors (Lipinski definition) is 2. The molecule has 0 spiro atoms. The average molecular weight is 380 g/mol. The van der Waals surface area contributed by atoms with E-state index in [-0.39, 0.29) is 0 Å². The molecular weight excluding hydrogens is 350 g/mol. The summed E-state index contributed by atoms with van der Waals surface area (Å²) in [5.41, 5.74) is 8.70. The number of hydrogen-bond acceptors (Lipinski definition) is 6. The Kier molecular flexibility index (Phi) is 5.41. The van der Waals surface area contributed by atoms with E-state index in [2.05, 4.69) is 26.8 Å². The van der Waals surface area contributed by atoms with Gasteiger partial charge < -0.3 is 15.5 Å². The van der Waals surface area contributed by atoms with Crippen LogP contribution in [0.1, 0.15) is 50.4 Å². The third-order valence-electron chi connectivity index (χ3n) is 5.89. The molecule has 7 nitrogen and oxygen atoms in total. The van der Waals surface area contributed by atoms with Crippen molar-refractivity contribution >= 4 is 23.2 Å². The molecule has 0 bridgehead atoms. The van der Waals surface area contributed by atoms with Gasteiger partial charge >= 0.3 is 0 Å². The summed E-state index contributed by atoms with van der Waals surface area (Å²) >= 11 is 0. The number of fused-ring (bicyclic) bond motifs is 1. The SMILES string of the molecule is CCN(CC1CCCC1)c1cnc(C(=N)N2CCCc3ncccc32)c(N)n1. The number of anilines is 3. The smallest absolute Gasteiger partial charge is 0.155 e. The van der Waals surface area contributed by atoms with Crippen molar-refractivity contribution in [1.82, 2.24) is 15.0 Å². The first-order valence-electron chi connectivity index (χ1n) is 10.3. The lowest BCUT2D eigenvalue weighted by Crippen LogP contribution is -2.37. The van der Waals surface area contributed by atoms with E-state index in [1.165, 1.54) is 25.7 Å². The van der Waals surface area contributed by atoms with E-state index in [1.54, 1.807) is 12.4 Å². The number of aryl methyl sites for hydroxylation is 1. The minimum atomic E-state index is 0.296. The zero-order chi connectivity index (χ0) is 19.5. The van der Waals surface area contributed by atoms with Gasteiger partial charge in [-0.3, -0.25) is 10.4 Å². The second-order valence-corrected chi connectivity index (χ2v) is 7.72. The highest BCUT2D eigenvalue weighted by molar-refractivity contribution is 6.09. The Morgan fingerprint density at radius 3 is 2.86 bits per heavy atom. The molecule has 2 aliphatic rings. The van der Waals surface area contributed by atoms with Gasteiger partial charge in [0.05, 0.1) is 17.6 Å². The Morgan fingerprint density at radius 2 is 2.11 bits per heavy atom. The van der Waals surface area contributed by atoms with E-state index in [0.29, 0.717) is 17.3 Å². The van der Waals surface area contributed by atoms with Crippen LogP contribution in [0.5, 0.6) is 0 Å². The number of amidine groups is 1. The third kappa shape index (κ3) is 3.66. The maximum absolute atomic E-state index is 8.70. The molecule has 0 radical (unpaired) electrons. The number of nitrogens with zero attached hydrogens (tertiary/aromatic N) is 5. The molecule has 3 heterocycles. The predicted molar refractivity (Wildman–Crippen MR) is 113 cm³/mol. The summed E-state index contributed by atoms with van der Waals surface area (Å²) in [5.74, 6) is 2.16. The summed E-state index contributed by atoms with van der Waals surface area (Å²) < 4.78 is 0. The van der Waals surface area contributed by atoms with E-state index in [1.807, 2.05) is 17.0 Å². The highest BCUT2D eigenvalue weighted by Gasteiger charge is 2.25. The third-order valence-corrected chi connectivity index (χ3v) is 5.89. The molecule has 3 N–H and O–H groups in total. The lowest BCUT2D eigenvalue weighted by atomic mass is 10.1. The molecule has 0 saturated heterocycles. The van der Waals surface area contributed by atoms with Crippen LogP contribution >= 0.6 is 0 Å². The lowest BCUT2D eigenvalue weighted by molar-refractivity contribution is 0.533. The molecule has 2 aromatic heterocycles. The van der Waals surface area contributed by atoms with Crippen molar-refractivity contribution in [2.24, 2.45) is 5.92 Å². The number of rotatable bonds is 5. The largest absolute Gasteiger partial charge is 0.382 e. The number of pyridine rings is 1. The molecule has 0 amide bonds. The van der Waals surface area contributed by atoms with Crippen LogP contribution < -0.4 is 15.5 Å². The predicted octanol–water partition coefficient (Wildman–Crippen LogP) is 3.25. The lowest BCUT2D eigenvalue weighted by Gasteiger charge is -2.31. The number of nitrogen functional groups attached to an aromatic ring is 1. The topological polar surface area (TPSA) is 95.0 Å². The minimum Gasteiger partial charge on any atom is -0.382 e. The van der Waals surface area contributed by atoms with Crippen molar-refractivity contribution < 1.29 is 0 Å². The van der Waals surface area contributed by atoms with E-state index in [9.17, 15) is 0 Å². The van der Waals surface area contributed by atoms with Gasteiger partial charge in [-0.05, 0) is 50.7 Å². The van der Waals surface area contributed by atoms with Crippen molar-refractivity contribution in [2.45, 2.75) is 45.4 Å². The van der Waals surface area contributed by atoms with Crippen LogP contribution in [0.2, 0.25) is 0 Å². The van der Waals surface area contributed by atoms with Gasteiger partial charge in [0.15, 0.2) is 11.7 Å². The molecule has 0 aromatic carbocycles. The van der Waals surface area contributed by atoms with Gasteiger partial charge in [-0.2, -0.15) is 0 Å². The first kappa shape index (κ1) is 18.7. The molecule has 2 aromatic rings. The molecule has 1 aliphatic carbocycles. The molecule has 7 heteroatoms. The van der Waals surface area contributed by atoms with E-state index < -0.39 is 0 Å². The van der Waals surface area contributed by atoms with Crippen LogP contribution in [0, 0.1) is 11.3 Å². The van der Waals surface area contributed by atoms with Gasteiger partial charge in [-0.1, -0.05) is 12.8 Å². The van der Waals surface area contributed by atoms with Crippen molar-refractivity contribution in [2.75, 3.05) is 35.2 Å². The van der Waals surface area contributed by atoms with Crippen molar-refractivity contribution in [3.63, 3.8) is 0 Å². The second kappa shape index (κ2) is 8.12. The van der Waals surface area contributed by atoms with Crippen molar-refractivity contribution in [1.29, 1.82) is 5.41 Å². The molecule has 0 atom stereocenters. The summed E-state index contributed by atoms with van der Waals surface area (Å²) in [6.07, 6.45) is 10.7. The van der Waals surface area contributed by atoms with Crippen LogP contribution in [0.3, 0.4) is 0 Å². The maximum atomic E-state index is 8.70. The summed E-state index contributed by atoms with van der Waals surface area (Å²) in [4.78, 5) is 17.8. The Balaban J connectivity index is 1.55. The second-order valence-electron chi connectivity index (χ2n) is 7.72. The standard InChI is InChI=1S/C21H29N7/c1-2-27(14-15-7-3-4-8-15)18-13-25-19(20(22)26-18)21(23)28-12-6-9-16-17(28)10-5-11-24-16/h5,10-11,13,15,23H,2-4,6-9,12,14H2,1H3,(H2,22,26). The fourth-order valence-corrected chi connectivity index (χ4v) is 4.37. The van der Waals surface area contributed by atoms with Crippen molar-refractivity contribution in [3.8, 4) is 0 Å². The Bertz CT molecular complexity index is 844. The van der Waals surface area contributed by atoms with Crippen LogP contribution in [0.4, 0.5) is 17.3 Å². The minimum absolute atomic E-state index is 0.296. The first-order valence-corrected chi connectivity index (χ1v) is 10.3. The summed E-state index contributed by atoms with van der Waals surface area (Å²) in [6.45, 7) is 4.79. The van der Waals surface area contributed by atoms with Gasteiger partial charge in [0.2, 0.25) is 0 Å². The highest BCUT2D eigenvalue weighted by Crippen LogP contribution is 2.29. The first-order chi connectivity index (χ1) is 13.7. The Labute approximate surface area is 166 Å². The fourth-order valence-electron chi connectivity index (χ4n) is 4.37. The molecular formula is C21H29N7. The van der Waals surface area contributed by atoms with Crippen LogP contribution in [-0.2, 0) is 6.42 Å². The molecule has 28 heavy (non-hydrogen) atoms. The van der Waals surface area contributed by atoms with E-state index >= 15 is 0 Å². The van der Waals surface area contributed by atoms with Gasteiger partial charge in [0.25, 0.3) is 0 Å². The zero-order valence-corrected chi connectivity index (χ0v) is 16.6. The summed E-state index contributed by atoms with van der Waals surface area (Å²) in [6, 6.07) is 3.92. The number of aromatic nitrogens is 3. The summed E-state index contributed by atoms with van der Waals surface area (Å²) in [5, 5.41) is 8.70. The number of nitrogens with one attached hydrogen (secondary N) is 1. The normalized spacial score (nSPS) is 16.8. The van der Waals surface area contributed by atoms with Gasteiger partial charge in [0, 0.05) is 25.8 Å². The number of nitrogens with two attached hydrogens (primary N) is 1. The van der Waals surface area contributed by atoms with E-state index in [4.69, 9.17) is 11.1 Å².